The fraction of sp³-hybridized carbons (Fsp3) is 0.467. The third kappa shape index (κ3) is 3.57. The maximum Gasteiger partial charge on any atom is 0.306 e. The molecule has 1 aromatic rings. The van der Waals surface area contributed by atoms with Crippen molar-refractivity contribution < 1.29 is 19.4 Å². The molecular weight excluding hydrogens is 258 g/mol. The molecule has 1 fully saturated rings. The molecule has 1 aromatic carbocycles. The van der Waals surface area contributed by atoms with Crippen LogP contribution in [0.15, 0.2) is 18.2 Å². The molecule has 0 aliphatic carbocycles. The van der Waals surface area contributed by atoms with Crippen LogP contribution in [0.5, 0.6) is 0 Å². The van der Waals surface area contributed by atoms with E-state index >= 15 is 0 Å². The van der Waals surface area contributed by atoms with Crippen LogP contribution in [0.3, 0.4) is 0 Å². The average Bonchev–Trinajstić information content (AvgIpc) is 2.36. The lowest BCUT2D eigenvalue weighted by Crippen LogP contribution is -2.46. The van der Waals surface area contributed by atoms with Crippen LogP contribution in [-0.2, 0) is 9.53 Å². The number of hydrogen-bond donors (Lipinski definition) is 1. The van der Waals surface area contributed by atoms with E-state index < -0.39 is 12.1 Å². The van der Waals surface area contributed by atoms with Crippen molar-refractivity contribution in [2.45, 2.75) is 26.4 Å². The highest BCUT2D eigenvalue weighted by Gasteiger charge is 2.26. The summed E-state index contributed by atoms with van der Waals surface area (Å²) in [5.41, 5.74) is 2.74. The molecule has 0 unspecified atom stereocenters. The fourth-order valence-electron chi connectivity index (χ4n) is 2.50. The maximum absolute atomic E-state index is 12.5. The van der Waals surface area contributed by atoms with Gasteiger partial charge in [-0.1, -0.05) is 17.2 Å². The van der Waals surface area contributed by atoms with E-state index in [1.165, 1.54) is 0 Å². The van der Waals surface area contributed by atoms with Crippen molar-refractivity contribution in [2.24, 2.45) is 0 Å². The van der Waals surface area contributed by atoms with Gasteiger partial charge in [-0.15, -0.1) is 0 Å². The van der Waals surface area contributed by atoms with E-state index in [1.807, 2.05) is 32.0 Å². The third-order valence-electron chi connectivity index (χ3n) is 3.30. The van der Waals surface area contributed by atoms with Gasteiger partial charge in [-0.3, -0.25) is 9.59 Å². The SMILES string of the molecule is Cc1cc(C)cc(C(=O)N2CCO[C@H](CC(=O)O)C2)c1. The first-order valence-corrected chi connectivity index (χ1v) is 6.66. The largest absolute Gasteiger partial charge is 0.481 e. The number of carboxylic acids is 1. The molecule has 1 heterocycles. The Morgan fingerprint density at radius 3 is 2.55 bits per heavy atom. The fourth-order valence-corrected chi connectivity index (χ4v) is 2.50. The standard InChI is InChI=1S/C15H19NO4/c1-10-5-11(2)7-12(6-10)15(19)16-3-4-20-13(9-16)8-14(17)18/h5-7,13H,3-4,8-9H2,1-2H3,(H,17,18)/t13-/m1/s1. The van der Waals surface area contributed by atoms with Crippen LogP contribution in [0.2, 0.25) is 0 Å². The van der Waals surface area contributed by atoms with Gasteiger partial charge in [-0.25, -0.2) is 0 Å². The second-order valence-electron chi connectivity index (χ2n) is 5.22. The van der Waals surface area contributed by atoms with Gasteiger partial charge >= 0.3 is 5.97 Å². The van der Waals surface area contributed by atoms with E-state index in [0.717, 1.165) is 11.1 Å². The van der Waals surface area contributed by atoms with Crippen molar-refractivity contribution in [3.8, 4) is 0 Å². The highest BCUT2D eigenvalue weighted by atomic mass is 16.5. The second kappa shape index (κ2) is 6.05. The molecule has 1 aliphatic rings. The molecule has 1 atom stereocenters. The van der Waals surface area contributed by atoms with Gasteiger partial charge in [0.2, 0.25) is 0 Å². The van der Waals surface area contributed by atoms with Crippen LogP contribution in [-0.4, -0.2) is 47.7 Å². The number of aryl methyl sites for hydroxylation is 2. The zero-order chi connectivity index (χ0) is 14.7. The summed E-state index contributed by atoms with van der Waals surface area (Å²) in [6.45, 7) is 5.13. The molecule has 1 aliphatic heterocycles. The highest BCUT2D eigenvalue weighted by Crippen LogP contribution is 2.15. The Balaban J connectivity index is 2.10. The summed E-state index contributed by atoms with van der Waals surface area (Å²) < 4.78 is 5.38. The number of rotatable bonds is 3. The van der Waals surface area contributed by atoms with E-state index in [9.17, 15) is 9.59 Å². The molecule has 0 saturated carbocycles. The van der Waals surface area contributed by atoms with E-state index in [2.05, 4.69) is 0 Å². The molecule has 0 radical (unpaired) electrons. The smallest absolute Gasteiger partial charge is 0.306 e. The summed E-state index contributed by atoms with van der Waals surface area (Å²) in [4.78, 5) is 24.9. The van der Waals surface area contributed by atoms with Crippen LogP contribution in [0.4, 0.5) is 0 Å². The summed E-state index contributed by atoms with van der Waals surface area (Å²) in [6, 6.07) is 5.73. The molecule has 5 heteroatoms. The first-order valence-electron chi connectivity index (χ1n) is 6.66. The Hall–Kier alpha value is -1.88. The lowest BCUT2D eigenvalue weighted by atomic mass is 10.1. The number of ether oxygens (including phenoxy) is 1. The predicted octanol–water partition coefficient (Wildman–Crippen LogP) is 1.62. The first-order chi connectivity index (χ1) is 9.45. The minimum Gasteiger partial charge on any atom is -0.481 e. The molecule has 5 nitrogen and oxygen atoms in total. The molecular formula is C15H19NO4. The van der Waals surface area contributed by atoms with Crippen LogP contribution in [0, 0.1) is 13.8 Å². The van der Waals surface area contributed by atoms with Gasteiger partial charge in [0.1, 0.15) is 0 Å². The number of morpholine rings is 1. The molecule has 1 N–H and O–H groups in total. The summed E-state index contributed by atoms with van der Waals surface area (Å²) in [5.74, 6) is -0.966. The number of aliphatic carboxylic acids is 1. The van der Waals surface area contributed by atoms with Gasteiger partial charge in [-0.2, -0.15) is 0 Å². The van der Waals surface area contributed by atoms with Gasteiger partial charge in [-0.05, 0) is 26.0 Å². The number of amides is 1. The summed E-state index contributed by atoms with van der Waals surface area (Å²) in [7, 11) is 0. The zero-order valence-electron chi connectivity index (χ0n) is 11.8. The summed E-state index contributed by atoms with van der Waals surface area (Å²) in [6.07, 6.45) is -0.493. The molecule has 0 spiro atoms. The Morgan fingerprint density at radius 1 is 1.30 bits per heavy atom. The van der Waals surface area contributed by atoms with E-state index in [1.54, 1.807) is 4.90 Å². The normalized spacial score (nSPS) is 18.9. The Morgan fingerprint density at radius 2 is 1.95 bits per heavy atom. The number of carbonyl (C=O) groups excluding carboxylic acids is 1. The van der Waals surface area contributed by atoms with Crippen molar-refractivity contribution >= 4 is 11.9 Å². The summed E-state index contributed by atoms with van der Waals surface area (Å²) in [5, 5.41) is 8.80. The molecule has 108 valence electrons. The monoisotopic (exact) mass is 277 g/mol. The minimum atomic E-state index is -0.907. The molecule has 1 saturated heterocycles. The van der Waals surface area contributed by atoms with Gasteiger partial charge in [0.15, 0.2) is 0 Å². The number of nitrogens with zero attached hydrogens (tertiary/aromatic N) is 1. The van der Waals surface area contributed by atoms with Crippen LogP contribution >= 0.6 is 0 Å². The van der Waals surface area contributed by atoms with Gasteiger partial charge in [0.25, 0.3) is 5.91 Å². The average molecular weight is 277 g/mol. The van der Waals surface area contributed by atoms with E-state index in [4.69, 9.17) is 9.84 Å². The summed E-state index contributed by atoms with van der Waals surface area (Å²) >= 11 is 0. The van der Waals surface area contributed by atoms with Crippen molar-refractivity contribution in [1.82, 2.24) is 4.90 Å². The van der Waals surface area contributed by atoms with Crippen molar-refractivity contribution in [3.63, 3.8) is 0 Å². The van der Waals surface area contributed by atoms with Crippen molar-refractivity contribution in [1.29, 1.82) is 0 Å². The van der Waals surface area contributed by atoms with E-state index in [-0.39, 0.29) is 12.3 Å². The molecule has 0 bridgehead atoms. The Labute approximate surface area is 118 Å². The van der Waals surface area contributed by atoms with Crippen LogP contribution in [0.1, 0.15) is 27.9 Å². The maximum atomic E-state index is 12.5. The highest BCUT2D eigenvalue weighted by molar-refractivity contribution is 5.94. The van der Waals surface area contributed by atoms with Gasteiger partial charge in [0.05, 0.1) is 19.1 Å². The molecule has 20 heavy (non-hydrogen) atoms. The second-order valence-corrected chi connectivity index (χ2v) is 5.22. The quantitative estimate of drug-likeness (QED) is 0.911. The first kappa shape index (κ1) is 14.5. The number of carboxylic acid groups (broad SMARTS) is 1. The number of benzene rings is 1. The molecule has 1 amide bonds. The zero-order valence-corrected chi connectivity index (χ0v) is 11.8. The number of hydrogen-bond acceptors (Lipinski definition) is 3. The lowest BCUT2D eigenvalue weighted by Gasteiger charge is -2.32. The topological polar surface area (TPSA) is 66.8 Å². The third-order valence-corrected chi connectivity index (χ3v) is 3.30. The minimum absolute atomic E-state index is 0.0597. The lowest BCUT2D eigenvalue weighted by molar-refractivity contribution is -0.141. The van der Waals surface area contributed by atoms with Gasteiger partial charge < -0.3 is 14.7 Å². The molecule has 0 aromatic heterocycles. The number of carbonyl (C=O) groups is 2. The van der Waals surface area contributed by atoms with Crippen LogP contribution in [0.25, 0.3) is 0 Å². The van der Waals surface area contributed by atoms with Crippen LogP contribution < -0.4 is 0 Å². The van der Waals surface area contributed by atoms with E-state index in [0.29, 0.717) is 25.3 Å². The molecule has 2 rings (SSSR count). The van der Waals surface area contributed by atoms with Crippen molar-refractivity contribution in [2.75, 3.05) is 19.7 Å². The predicted molar refractivity (Wildman–Crippen MR) is 73.8 cm³/mol. The van der Waals surface area contributed by atoms with Gasteiger partial charge in [0, 0.05) is 18.7 Å². The Kier molecular flexibility index (Phi) is 4.39. The Bertz CT molecular complexity index is 506. The van der Waals surface area contributed by atoms with Crippen molar-refractivity contribution in [3.05, 3.63) is 34.9 Å².